The molecule has 0 saturated heterocycles. The summed E-state index contributed by atoms with van der Waals surface area (Å²) in [5, 5.41) is 0. The fraction of sp³-hybridized carbons (Fsp3) is 0.909. The fourth-order valence-corrected chi connectivity index (χ4v) is 1.68. The van der Waals surface area contributed by atoms with E-state index < -0.39 is 0 Å². The molecule has 0 N–H and O–H groups in total. The Morgan fingerprint density at radius 1 is 1.50 bits per heavy atom. The van der Waals surface area contributed by atoms with Crippen molar-refractivity contribution in [3.8, 4) is 0 Å². The molecule has 0 aromatic rings. The summed E-state index contributed by atoms with van der Waals surface area (Å²) in [6, 6.07) is 0.665. The van der Waals surface area contributed by atoms with Crippen LogP contribution in [0.25, 0.3) is 0 Å². The zero-order valence-corrected chi connectivity index (χ0v) is 9.45. The van der Waals surface area contributed by atoms with Crippen LogP contribution in [0.2, 0.25) is 0 Å². The summed E-state index contributed by atoms with van der Waals surface area (Å²) in [6.07, 6.45) is 2.51. The van der Waals surface area contributed by atoms with Gasteiger partial charge in [0, 0.05) is 19.7 Å². The number of nitrogens with zero attached hydrogens (tertiary/aromatic N) is 1. The number of hydrogen-bond acceptors (Lipinski definition) is 3. The Morgan fingerprint density at radius 3 is 2.57 bits per heavy atom. The van der Waals surface area contributed by atoms with Gasteiger partial charge in [-0.2, -0.15) is 0 Å². The number of carbonyl (C=O) groups excluding carboxylic acids is 1. The number of rotatable bonds is 7. The predicted molar refractivity (Wildman–Crippen MR) is 56.3 cm³/mol. The number of ketones is 1. The third-order valence-electron chi connectivity index (χ3n) is 2.35. The van der Waals surface area contributed by atoms with Gasteiger partial charge in [-0.1, -0.05) is 13.8 Å². The van der Waals surface area contributed by atoms with E-state index in [0.29, 0.717) is 18.5 Å². The molecule has 0 radical (unpaired) electrons. The molecule has 0 unspecified atom stereocenters. The molecule has 3 nitrogen and oxygen atoms in total. The molecule has 1 saturated carbocycles. The van der Waals surface area contributed by atoms with E-state index >= 15 is 0 Å². The van der Waals surface area contributed by atoms with Gasteiger partial charge in [0.25, 0.3) is 0 Å². The fourth-order valence-electron chi connectivity index (χ4n) is 1.68. The molecule has 0 aromatic heterocycles. The highest BCUT2D eigenvalue weighted by molar-refractivity contribution is 5.81. The van der Waals surface area contributed by atoms with Crippen LogP contribution < -0.4 is 0 Å². The third kappa shape index (κ3) is 4.20. The molecule has 0 spiro atoms. The molecular formula is C11H21NO2. The van der Waals surface area contributed by atoms with Crippen LogP contribution in [0.3, 0.4) is 0 Å². The third-order valence-corrected chi connectivity index (χ3v) is 2.35. The smallest absolute Gasteiger partial charge is 0.172 e. The Kier molecular flexibility index (Phi) is 4.55. The molecule has 14 heavy (non-hydrogen) atoms. The maximum Gasteiger partial charge on any atom is 0.172 e. The summed E-state index contributed by atoms with van der Waals surface area (Å²) in [5.41, 5.74) is 0. The average molecular weight is 199 g/mol. The molecule has 0 aliphatic heterocycles. The lowest BCUT2D eigenvalue weighted by atomic mass is 10.2. The van der Waals surface area contributed by atoms with Crippen LogP contribution in [0.1, 0.15) is 26.7 Å². The molecule has 1 aliphatic carbocycles. The summed E-state index contributed by atoms with van der Waals surface area (Å²) in [7, 11) is 1.57. The van der Waals surface area contributed by atoms with Crippen molar-refractivity contribution in [2.75, 3.05) is 26.8 Å². The zero-order chi connectivity index (χ0) is 10.6. The Morgan fingerprint density at radius 2 is 2.14 bits per heavy atom. The summed E-state index contributed by atoms with van der Waals surface area (Å²) >= 11 is 0. The lowest BCUT2D eigenvalue weighted by Crippen LogP contribution is -2.36. The topological polar surface area (TPSA) is 29.5 Å². The zero-order valence-electron chi connectivity index (χ0n) is 9.45. The Hall–Kier alpha value is -0.410. The number of carbonyl (C=O) groups is 1. The standard InChI is InChI=1S/C11H21NO2/c1-9(2)6-12(10-4-5-10)7-11(13)8-14-3/h9-10H,4-8H2,1-3H3. The molecule has 0 atom stereocenters. The molecule has 1 rings (SSSR count). The molecule has 0 heterocycles. The van der Waals surface area contributed by atoms with Gasteiger partial charge in [-0.3, -0.25) is 9.69 Å². The predicted octanol–water partition coefficient (Wildman–Crippen LogP) is 1.32. The van der Waals surface area contributed by atoms with Crippen molar-refractivity contribution in [3.05, 3.63) is 0 Å². The monoisotopic (exact) mass is 199 g/mol. The lowest BCUT2D eigenvalue weighted by Gasteiger charge is -2.22. The normalized spacial score (nSPS) is 16.6. The quantitative estimate of drug-likeness (QED) is 0.619. The summed E-state index contributed by atoms with van der Waals surface area (Å²) in [5.74, 6) is 0.825. The number of hydrogen-bond donors (Lipinski definition) is 0. The molecule has 0 amide bonds. The molecule has 1 aliphatic rings. The second kappa shape index (κ2) is 5.47. The van der Waals surface area contributed by atoms with E-state index in [4.69, 9.17) is 4.74 Å². The van der Waals surface area contributed by atoms with Crippen LogP contribution in [0, 0.1) is 5.92 Å². The van der Waals surface area contributed by atoms with Gasteiger partial charge in [-0.25, -0.2) is 0 Å². The molecule has 0 bridgehead atoms. The largest absolute Gasteiger partial charge is 0.377 e. The van der Waals surface area contributed by atoms with Crippen molar-refractivity contribution in [2.24, 2.45) is 5.92 Å². The van der Waals surface area contributed by atoms with Crippen molar-refractivity contribution in [1.82, 2.24) is 4.90 Å². The maximum absolute atomic E-state index is 11.4. The minimum absolute atomic E-state index is 0.194. The van der Waals surface area contributed by atoms with E-state index in [2.05, 4.69) is 18.7 Å². The number of methoxy groups -OCH3 is 1. The molecule has 1 fully saturated rings. The van der Waals surface area contributed by atoms with Gasteiger partial charge in [0.2, 0.25) is 0 Å². The van der Waals surface area contributed by atoms with E-state index in [-0.39, 0.29) is 12.4 Å². The maximum atomic E-state index is 11.4. The van der Waals surface area contributed by atoms with Crippen molar-refractivity contribution >= 4 is 5.78 Å². The Labute approximate surface area is 86.4 Å². The first-order valence-electron chi connectivity index (χ1n) is 5.38. The number of Topliss-reactive ketones (excluding diaryl/α,β-unsaturated/α-hetero) is 1. The summed E-state index contributed by atoms with van der Waals surface area (Å²) < 4.78 is 4.83. The van der Waals surface area contributed by atoms with Crippen molar-refractivity contribution in [2.45, 2.75) is 32.7 Å². The van der Waals surface area contributed by atoms with Gasteiger partial charge in [-0.15, -0.1) is 0 Å². The van der Waals surface area contributed by atoms with E-state index in [1.807, 2.05) is 0 Å². The van der Waals surface area contributed by atoms with Crippen LogP contribution in [0.15, 0.2) is 0 Å². The summed E-state index contributed by atoms with van der Waals surface area (Å²) in [6.45, 7) is 6.23. The lowest BCUT2D eigenvalue weighted by molar-refractivity contribution is -0.124. The molecule has 82 valence electrons. The first-order valence-corrected chi connectivity index (χ1v) is 5.38. The van der Waals surface area contributed by atoms with Crippen molar-refractivity contribution in [1.29, 1.82) is 0 Å². The highest BCUT2D eigenvalue weighted by atomic mass is 16.5. The van der Waals surface area contributed by atoms with Gasteiger partial charge in [0.15, 0.2) is 5.78 Å². The SMILES string of the molecule is COCC(=O)CN(CC(C)C)C1CC1. The second-order valence-corrected chi connectivity index (χ2v) is 4.53. The van der Waals surface area contributed by atoms with Gasteiger partial charge in [-0.05, 0) is 18.8 Å². The first kappa shape index (κ1) is 11.7. The average Bonchev–Trinajstić information content (AvgIpc) is 2.84. The van der Waals surface area contributed by atoms with Gasteiger partial charge >= 0.3 is 0 Å². The number of ether oxygens (including phenoxy) is 1. The van der Waals surface area contributed by atoms with E-state index in [0.717, 1.165) is 6.54 Å². The van der Waals surface area contributed by atoms with Crippen molar-refractivity contribution in [3.63, 3.8) is 0 Å². The van der Waals surface area contributed by atoms with Gasteiger partial charge in [0.1, 0.15) is 6.61 Å². The minimum atomic E-state index is 0.194. The second-order valence-electron chi connectivity index (χ2n) is 4.53. The van der Waals surface area contributed by atoms with E-state index in [1.54, 1.807) is 7.11 Å². The van der Waals surface area contributed by atoms with Crippen LogP contribution in [-0.4, -0.2) is 43.5 Å². The van der Waals surface area contributed by atoms with Gasteiger partial charge in [0.05, 0.1) is 6.54 Å². The molecule has 0 aromatic carbocycles. The van der Waals surface area contributed by atoms with Crippen LogP contribution in [0.5, 0.6) is 0 Å². The van der Waals surface area contributed by atoms with Crippen LogP contribution >= 0.6 is 0 Å². The van der Waals surface area contributed by atoms with E-state index in [1.165, 1.54) is 12.8 Å². The highest BCUT2D eigenvalue weighted by Gasteiger charge is 2.30. The molecule has 3 heteroatoms. The Bertz CT molecular complexity index is 188. The van der Waals surface area contributed by atoms with Crippen molar-refractivity contribution < 1.29 is 9.53 Å². The van der Waals surface area contributed by atoms with Crippen LogP contribution in [-0.2, 0) is 9.53 Å². The molecular weight excluding hydrogens is 178 g/mol. The Balaban J connectivity index is 2.31. The van der Waals surface area contributed by atoms with Crippen LogP contribution in [0.4, 0.5) is 0 Å². The minimum Gasteiger partial charge on any atom is -0.377 e. The van der Waals surface area contributed by atoms with Gasteiger partial charge < -0.3 is 4.74 Å². The highest BCUT2D eigenvalue weighted by Crippen LogP contribution is 2.27. The summed E-state index contributed by atoms with van der Waals surface area (Å²) in [4.78, 5) is 13.7. The first-order chi connectivity index (χ1) is 6.63. The van der Waals surface area contributed by atoms with E-state index in [9.17, 15) is 4.79 Å².